The Morgan fingerprint density at radius 3 is 2.65 bits per heavy atom. The second kappa shape index (κ2) is 10.9. The molecular formula is C26H35N5O5S. The molecule has 1 aliphatic carbocycles. The first-order valence-electron chi connectivity index (χ1n) is 13.1. The summed E-state index contributed by atoms with van der Waals surface area (Å²) in [5.41, 5.74) is 7.24. The van der Waals surface area contributed by atoms with Gasteiger partial charge in [0.25, 0.3) is 10.0 Å². The number of nitrogens with one attached hydrogen (secondary N) is 2. The molecular weight excluding hydrogens is 494 g/mol. The molecule has 3 atom stereocenters. The summed E-state index contributed by atoms with van der Waals surface area (Å²) in [5, 5.41) is 0. The van der Waals surface area contributed by atoms with Crippen molar-refractivity contribution in [2.75, 3.05) is 29.5 Å². The van der Waals surface area contributed by atoms with E-state index in [9.17, 15) is 13.2 Å². The minimum Gasteiger partial charge on any atom is -0.381 e. The third-order valence-electron chi connectivity index (χ3n) is 7.60. The first kappa shape index (κ1) is 25.9. The normalized spacial score (nSPS) is 24.2. The van der Waals surface area contributed by atoms with E-state index in [1.54, 1.807) is 24.3 Å². The Balaban J connectivity index is 1.20. The van der Waals surface area contributed by atoms with Gasteiger partial charge in [-0.05, 0) is 50.7 Å². The molecule has 0 bridgehead atoms. The Morgan fingerprint density at radius 2 is 1.92 bits per heavy atom. The first-order valence-corrected chi connectivity index (χ1v) is 14.5. The van der Waals surface area contributed by atoms with Crippen LogP contribution in [0.1, 0.15) is 50.3 Å². The van der Waals surface area contributed by atoms with Gasteiger partial charge in [-0.2, -0.15) is 0 Å². The number of amides is 1. The quantitative estimate of drug-likeness (QED) is 0.501. The van der Waals surface area contributed by atoms with Crippen LogP contribution in [-0.4, -0.2) is 56.3 Å². The summed E-state index contributed by atoms with van der Waals surface area (Å²) >= 11 is 0. The number of rotatable bonds is 8. The van der Waals surface area contributed by atoms with Crippen molar-refractivity contribution in [3.63, 3.8) is 0 Å². The van der Waals surface area contributed by atoms with Crippen molar-refractivity contribution >= 4 is 27.6 Å². The molecule has 0 spiro atoms. The summed E-state index contributed by atoms with van der Waals surface area (Å²) in [6, 6.07) is 6.76. The molecule has 1 amide bonds. The Hall–Kier alpha value is -2.76. The molecule has 37 heavy (non-hydrogen) atoms. The van der Waals surface area contributed by atoms with Gasteiger partial charge in [-0.1, -0.05) is 31.0 Å². The molecule has 3 heterocycles. The van der Waals surface area contributed by atoms with E-state index in [4.69, 9.17) is 9.47 Å². The van der Waals surface area contributed by atoms with Crippen molar-refractivity contribution < 1.29 is 22.7 Å². The summed E-state index contributed by atoms with van der Waals surface area (Å²) in [4.78, 5) is 22.2. The number of fused-ring (bicyclic) bond motifs is 1. The fourth-order valence-electron chi connectivity index (χ4n) is 5.50. The lowest BCUT2D eigenvalue weighted by molar-refractivity contribution is -0.126. The Kier molecular flexibility index (Phi) is 7.64. The fraction of sp³-hybridized carbons (Fsp3) is 0.577. The van der Waals surface area contributed by atoms with Crippen LogP contribution in [-0.2, 0) is 30.7 Å². The van der Waals surface area contributed by atoms with Crippen molar-refractivity contribution in [2.45, 2.75) is 69.5 Å². The van der Waals surface area contributed by atoms with Gasteiger partial charge in [0.2, 0.25) is 5.91 Å². The molecule has 2 aliphatic heterocycles. The molecule has 3 aliphatic rings. The lowest BCUT2D eigenvalue weighted by atomic mass is 9.93. The van der Waals surface area contributed by atoms with Gasteiger partial charge in [0, 0.05) is 32.1 Å². The van der Waals surface area contributed by atoms with Crippen LogP contribution in [0.15, 0.2) is 35.4 Å². The summed E-state index contributed by atoms with van der Waals surface area (Å²) in [7, 11) is -3.72. The molecule has 2 aromatic rings. The van der Waals surface area contributed by atoms with E-state index in [2.05, 4.69) is 27.7 Å². The lowest BCUT2D eigenvalue weighted by Crippen LogP contribution is -2.37. The van der Waals surface area contributed by atoms with Crippen molar-refractivity contribution in [1.82, 2.24) is 15.4 Å². The maximum Gasteiger partial charge on any atom is 0.265 e. The standard InChI is InChI=1S/C26H35N5O5S/c1-3-18-14-20(36-19-9-12-35-13-10-19)15-22(18)26(32)30-29-24-16-27-25-23(28-24)8-11-31(25)37(33,34)21-6-4-17(2)5-7-21/h4-7,16,18-20,22H,3,8-15H2,1-2H3,(H,28,29)(H,30,32). The van der Waals surface area contributed by atoms with E-state index in [1.165, 1.54) is 10.5 Å². The average Bonchev–Trinajstić information content (AvgIpc) is 3.52. The SMILES string of the molecule is CCC1CC(OC2CCOCC2)CC1C(=O)NNc1cnc2c(n1)CCN2S(=O)(=O)c1ccc(C)cc1. The Morgan fingerprint density at radius 1 is 1.16 bits per heavy atom. The van der Waals surface area contributed by atoms with Crippen LogP contribution in [0.25, 0.3) is 0 Å². The van der Waals surface area contributed by atoms with Crippen molar-refractivity contribution in [1.29, 1.82) is 0 Å². The number of sulfonamides is 1. The monoisotopic (exact) mass is 529 g/mol. The molecule has 11 heteroatoms. The third-order valence-corrected chi connectivity index (χ3v) is 9.40. The van der Waals surface area contributed by atoms with E-state index in [0.29, 0.717) is 30.2 Å². The van der Waals surface area contributed by atoms with Crippen LogP contribution in [0, 0.1) is 18.8 Å². The minimum atomic E-state index is -3.72. The Labute approximate surface area is 218 Å². The highest BCUT2D eigenvalue weighted by atomic mass is 32.2. The van der Waals surface area contributed by atoms with Gasteiger partial charge >= 0.3 is 0 Å². The van der Waals surface area contributed by atoms with Gasteiger partial charge in [-0.25, -0.2) is 22.7 Å². The Bertz CT molecular complexity index is 1220. The molecule has 5 rings (SSSR count). The van der Waals surface area contributed by atoms with Crippen LogP contribution in [0.4, 0.5) is 11.6 Å². The third kappa shape index (κ3) is 5.58. The van der Waals surface area contributed by atoms with Crippen LogP contribution < -0.4 is 15.2 Å². The van der Waals surface area contributed by atoms with E-state index in [1.807, 2.05) is 6.92 Å². The predicted molar refractivity (Wildman–Crippen MR) is 138 cm³/mol. The number of aryl methyl sites for hydroxylation is 1. The van der Waals surface area contributed by atoms with Gasteiger partial charge in [-0.15, -0.1) is 0 Å². The minimum absolute atomic E-state index is 0.0872. The number of ether oxygens (including phenoxy) is 2. The summed E-state index contributed by atoms with van der Waals surface area (Å²) < 4.78 is 39.3. The number of hydrogen-bond acceptors (Lipinski definition) is 8. The lowest BCUT2D eigenvalue weighted by Gasteiger charge is -2.25. The summed E-state index contributed by atoms with van der Waals surface area (Å²) in [6.07, 6.45) is 6.51. The zero-order chi connectivity index (χ0) is 26.0. The first-order chi connectivity index (χ1) is 17.8. The highest BCUT2D eigenvalue weighted by molar-refractivity contribution is 7.92. The van der Waals surface area contributed by atoms with E-state index in [-0.39, 0.29) is 41.4 Å². The summed E-state index contributed by atoms with van der Waals surface area (Å²) in [6.45, 7) is 5.77. The number of anilines is 2. The largest absolute Gasteiger partial charge is 0.381 e. The molecule has 1 aromatic heterocycles. The number of carbonyl (C=O) groups is 1. The smallest absolute Gasteiger partial charge is 0.265 e. The highest BCUT2D eigenvalue weighted by Crippen LogP contribution is 2.37. The molecule has 1 saturated heterocycles. The van der Waals surface area contributed by atoms with Crippen LogP contribution in [0.2, 0.25) is 0 Å². The molecule has 200 valence electrons. The molecule has 0 radical (unpaired) electrons. The average molecular weight is 530 g/mol. The molecule has 10 nitrogen and oxygen atoms in total. The van der Waals surface area contributed by atoms with Crippen molar-refractivity contribution in [2.24, 2.45) is 11.8 Å². The molecule has 1 aromatic carbocycles. The number of hydrazine groups is 1. The van der Waals surface area contributed by atoms with Gasteiger partial charge in [0.15, 0.2) is 11.6 Å². The van der Waals surface area contributed by atoms with Crippen molar-refractivity contribution in [3.8, 4) is 0 Å². The second-order valence-corrected chi connectivity index (χ2v) is 12.0. The van der Waals surface area contributed by atoms with E-state index >= 15 is 0 Å². The molecule has 2 N–H and O–H groups in total. The number of benzene rings is 1. The highest BCUT2D eigenvalue weighted by Gasteiger charge is 2.39. The zero-order valence-corrected chi connectivity index (χ0v) is 22.2. The summed E-state index contributed by atoms with van der Waals surface area (Å²) in [5.74, 6) is 0.740. The maximum atomic E-state index is 13.1. The van der Waals surface area contributed by atoms with Gasteiger partial charge < -0.3 is 9.47 Å². The fourth-order valence-corrected chi connectivity index (χ4v) is 6.95. The van der Waals surface area contributed by atoms with Gasteiger partial charge in [-0.3, -0.25) is 15.6 Å². The van der Waals surface area contributed by atoms with Gasteiger partial charge in [0.1, 0.15) is 0 Å². The number of hydrogen-bond donors (Lipinski definition) is 2. The second-order valence-electron chi connectivity index (χ2n) is 10.1. The van der Waals surface area contributed by atoms with Crippen LogP contribution >= 0.6 is 0 Å². The zero-order valence-electron chi connectivity index (χ0n) is 21.4. The number of nitrogens with zero attached hydrogens (tertiary/aromatic N) is 3. The molecule has 1 saturated carbocycles. The van der Waals surface area contributed by atoms with Gasteiger partial charge in [0.05, 0.1) is 29.0 Å². The van der Waals surface area contributed by atoms with Crippen molar-refractivity contribution in [3.05, 3.63) is 41.7 Å². The van der Waals surface area contributed by atoms with Crippen LogP contribution in [0.5, 0.6) is 0 Å². The van der Waals surface area contributed by atoms with Crippen LogP contribution in [0.3, 0.4) is 0 Å². The predicted octanol–water partition coefficient (Wildman–Crippen LogP) is 2.98. The number of carbonyl (C=O) groups excluding carboxylic acids is 1. The van der Waals surface area contributed by atoms with E-state index < -0.39 is 10.0 Å². The topological polar surface area (TPSA) is 123 Å². The number of aromatic nitrogens is 2. The molecule has 2 fully saturated rings. The maximum absolute atomic E-state index is 13.1. The molecule has 3 unspecified atom stereocenters. The van der Waals surface area contributed by atoms with E-state index in [0.717, 1.165) is 44.5 Å².